The molecule has 0 N–H and O–H groups in total. The first-order chi connectivity index (χ1) is 12.6. The van der Waals surface area contributed by atoms with Crippen molar-refractivity contribution in [1.82, 2.24) is 4.98 Å². The summed E-state index contributed by atoms with van der Waals surface area (Å²) in [6, 6.07) is 12.5. The zero-order valence-corrected chi connectivity index (χ0v) is 14.8. The summed E-state index contributed by atoms with van der Waals surface area (Å²) in [6.07, 6.45) is 0.758. The molecule has 134 valence electrons. The number of aryl methyl sites for hydroxylation is 1. The molecule has 0 atom stereocenters. The second kappa shape index (κ2) is 7.74. The van der Waals surface area contributed by atoms with Crippen LogP contribution in [0.3, 0.4) is 0 Å². The largest absolute Gasteiger partial charge is 0.497 e. The molecule has 0 spiro atoms. The number of oxazole rings is 1. The molecular weight excluding hydrogens is 334 g/mol. The van der Waals surface area contributed by atoms with Crippen molar-refractivity contribution in [3.8, 4) is 28.7 Å². The maximum Gasteiger partial charge on any atom is 0.226 e. The summed E-state index contributed by atoms with van der Waals surface area (Å²) in [5.41, 5.74) is 2.03. The topological polar surface area (TPSA) is 70.8 Å². The summed E-state index contributed by atoms with van der Waals surface area (Å²) < 4.78 is 22.1. The molecule has 1 aromatic heterocycles. The Hall–Kier alpha value is -3.28. The fraction of sp³-hybridized carbons (Fsp3) is 0.200. The zero-order chi connectivity index (χ0) is 18.5. The molecule has 0 amide bonds. The highest BCUT2D eigenvalue weighted by Gasteiger charge is 2.14. The van der Waals surface area contributed by atoms with Gasteiger partial charge in [0.05, 0.1) is 14.2 Å². The van der Waals surface area contributed by atoms with E-state index >= 15 is 0 Å². The summed E-state index contributed by atoms with van der Waals surface area (Å²) in [4.78, 5) is 15.4. The SMILES string of the molecule is COc1cccc(-c2nc(COc3ccc(C=O)cc3OC)c(C)o2)c1. The van der Waals surface area contributed by atoms with E-state index in [-0.39, 0.29) is 6.61 Å². The van der Waals surface area contributed by atoms with E-state index in [0.29, 0.717) is 34.4 Å². The third kappa shape index (κ3) is 3.69. The van der Waals surface area contributed by atoms with Crippen LogP contribution in [0.5, 0.6) is 17.2 Å². The fourth-order valence-corrected chi connectivity index (χ4v) is 2.46. The van der Waals surface area contributed by atoms with Crippen molar-refractivity contribution < 1.29 is 23.4 Å². The van der Waals surface area contributed by atoms with Crippen molar-refractivity contribution >= 4 is 6.29 Å². The zero-order valence-electron chi connectivity index (χ0n) is 14.8. The Morgan fingerprint density at radius 3 is 2.65 bits per heavy atom. The highest BCUT2D eigenvalue weighted by molar-refractivity contribution is 5.76. The molecule has 0 fully saturated rings. The minimum Gasteiger partial charge on any atom is -0.497 e. The van der Waals surface area contributed by atoms with Gasteiger partial charge >= 0.3 is 0 Å². The third-order valence-electron chi connectivity index (χ3n) is 3.90. The number of aldehydes is 1. The lowest BCUT2D eigenvalue weighted by molar-refractivity contribution is 0.112. The summed E-state index contributed by atoms with van der Waals surface area (Å²) >= 11 is 0. The van der Waals surface area contributed by atoms with Gasteiger partial charge in [0, 0.05) is 11.1 Å². The molecule has 0 saturated heterocycles. The molecule has 1 heterocycles. The van der Waals surface area contributed by atoms with Crippen LogP contribution in [-0.2, 0) is 6.61 Å². The van der Waals surface area contributed by atoms with Gasteiger partial charge in [-0.05, 0) is 43.3 Å². The van der Waals surface area contributed by atoms with Gasteiger partial charge in [-0.25, -0.2) is 4.98 Å². The summed E-state index contributed by atoms with van der Waals surface area (Å²) in [6.45, 7) is 2.05. The van der Waals surface area contributed by atoms with Crippen molar-refractivity contribution in [2.45, 2.75) is 13.5 Å². The molecule has 6 heteroatoms. The third-order valence-corrected chi connectivity index (χ3v) is 3.90. The Morgan fingerprint density at radius 2 is 1.92 bits per heavy atom. The maximum atomic E-state index is 10.9. The summed E-state index contributed by atoms with van der Waals surface area (Å²) in [5, 5.41) is 0. The van der Waals surface area contributed by atoms with Gasteiger partial charge < -0.3 is 18.6 Å². The molecule has 0 radical (unpaired) electrons. The van der Waals surface area contributed by atoms with E-state index in [2.05, 4.69) is 4.98 Å². The first kappa shape index (κ1) is 17.5. The van der Waals surface area contributed by atoms with Gasteiger partial charge in [-0.2, -0.15) is 0 Å². The summed E-state index contributed by atoms with van der Waals surface area (Å²) in [5.74, 6) is 2.93. The number of carbonyl (C=O) groups is 1. The molecule has 3 rings (SSSR count). The first-order valence-corrected chi connectivity index (χ1v) is 8.01. The van der Waals surface area contributed by atoms with Crippen LogP contribution in [-0.4, -0.2) is 25.5 Å². The lowest BCUT2D eigenvalue weighted by atomic mass is 10.2. The van der Waals surface area contributed by atoms with E-state index < -0.39 is 0 Å². The van der Waals surface area contributed by atoms with Crippen LogP contribution in [0.2, 0.25) is 0 Å². The number of hydrogen-bond acceptors (Lipinski definition) is 6. The van der Waals surface area contributed by atoms with Gasteiger partial charge in [0.25, 0.3) is 0 Å². The average Bonchev–Trinajstić information content (AvgIpc) is 3.07. The second-order valence-electron chi connectivity index (χ2n) is 5.57. The Balaban J connectivity index is 1.79. The molecule has 6 nitrogen and oxygen atoms in total. The monoisotopic (exact) mass is 353 g/mol. The predicted molar refractivity (Wildman–Crippen MR) is 95.9 cm³/mol. The van der Waals surface area contributed by atoms with Crippen LogP contribution < -0.4 is 14.2 Å². The van der Waals surface area contributed by atoms with Crippen LogP contribution in [0.15, 0.2) is 46.9 Å². The molecule has 0 saturated carbocycles. The Kier molecular flexibility index (Phi) is 5.22. The van der Waals surface area contributed by atoms with Crippen LogP contribution >= 0.6 is 0 Å². The van der Waals surface area contributed by atoms with Crippen LogP contribution in [0, 0.1) is 6.92 Å². The van der Waals surface area contributed by atoms with Crippen molar-refractivity contribution in [3.05, 3.63) is 59.5 Å². The molecule has 2 aromatic carbocycles. The number of carbonyl (C=O) groups excluding carboxylic acids is 1. The normalized spacial score (nSPS) is 10.4. The Morgan fingerprint density at radius 1 is 1.08 bits per heavy atom. The Bertz CT molecular complexity index is 916. The molecule has 0 aliphatic heterocycles. The van der Waals surface area contributed by atoms with Crippen LogP contribution in [0.25, 0.3) is 11.5 Å². The lowest BCUT2D eigenvalue weighted by Gasteiger charge is -2.10. The Labute approximate surface area is 151 Å². The van der Waals surface area contributed by atoms with Crippen molar-refractivity contribution in [1.29, 1.82) is 0 Å². The minimum atomic E-state index is 0.218. The van der Waals surface area contributed by atoms with Gasteiger partial charge in [0.15, 0.2) is 11.5 Å². The van der Waals surface area contributed by atoms with Gasteiger partial charge in [0.1, 0.15) is 30.1 Å². The highest BCUT2D eigenvalue weighted by atomic mass is 16.5. The van der Waals surface area contributed by atoms with E-state index in [0.717, 1.165) is 17.6 Å². The number of aromatic nitrogens is 1. The van der Waals surface area contributed by atoms with E-state index in [1.807, 2.05) is 31.2 Å². The summed E-state index contributed by atoms with van der Waals surface area (Å²) in [7, 11) is 3.14. The number of hydrogen-bond donors (Lipinski definition) is 0. The fourth-order valence-electron chi connectivity index (χ4n) is 2.46. The van der Waals surface area contributed by atoms with Gasteiger partial charge in [-0.15, -0.1) is 0 Å². The number of benzene rings is 2. The average molecular weight is 353 g/mol. The van der Waals surface area contributed by atoms with Crippen molar-refractivity contribution in [3.63, 3.8) is 0 Å². The van der Waals surface area contributed by atoms with Crippen molar-refractivity contribution in [2.75, 3.05) is 14.2 Å². The van der Waals surface area contributed by atoms with Gasteiger partial charge in [0.2, 0.25) is 5.89 Å². The number of ether oxygens (including phenoxy) is 3. The van der Waals surface area contributed by atoms with E-state index in [1.54, 1.807) is 25.3 Å². The van der Waals surface area contributed by atoms with Crippen LogP contribution in [0.1, 0.15) is 21.8 Å². The molecule has 0 aliphatic rings. The minimum absolute atomic E-state index is 0.218. The molecule has 0 aliphatic carbocycles. The number of rotatable bonds is 7. The maximum absolute atomic E-state index is 10.9. The van der Waals surface area contributed by atoms with Crippen molar-refractivity contribution in [2.24, 2.45) is 0 Å². The standard InChI is InChI=1S/C20H19NO5/c1-13-17(12-25-18-8-7-14(11-22)9-19(18)24-3)21-20(26-13)15-5-4-6-16(10-15)23-2/h4-11H,12H2,1-3H3. The number of methoxy groups -OCH3 is 2. The molecule has 26 heavy (non-hydrogen) atoms. The number of nitrogens with zero attached hydrogens (tertiary/aromatic N) is 1. The van der Waals surface area contributed by atoms with Gasteiger partial charge in [-0.1, -0.05) is 6.07 Å². The quantitative estimate of drug-likeness (QED) is 0.597. The first-order valence-electron chi connectivity index (χ1n) is 8.01. The smallest absolute Gasteiger partial charge is 0.226 e. The van der Waals surface area contributed by atoms with Gasteiger partial charge in [-0.3, -0.25) is 4.79 Å². The predicted octanol–water partition coefficient (Wildman–Crippen LogP) is 4.06. The van der Waals surface area contributed by atoms with E-state index in [4.69, 9.17) is 18.6 Å². The molecule has 0 unspecified atom stereocenters. The van der Waals surface area contributed by atoms with E-state index in [9.17, 15) is 4.79 Å². The lowest BCUT2D eigenvalue weighted by Crippen LogP contribution is -2.00. The van der Waals surface area contributed by atoms with Crippen LogP contribution in [0.4, 0.5) is 0 Å². The second-order valence-corrected chi connectivity index (χ2v) is 5.57. The molecule has 3 aromatic rings. The molecule has 0 bridgehead atoms. The van der Waals surface area contributed by atoms with E-state index in [1.165, 1.54) is 7.11 Å². The highest BCUT2D eigenvalue weighted by Crippen LogP contribution is 2.30. The molecular formula is C20H19NO5.